The molecule has 122 valence electrons. The van der Waals surface area contributed by atoms with Gasteiger partial charge in [0.1, 0.15) is 0 Å². The third-order valence-corrected chi connectivity index (χ3v) is 3.61. The quantitative estimate of drug-likeness (QED) is 0.552. The molecule has 0 radical (unpaired) electrons. The highest BCUT2D eigenvalue weighted by Gasteiger charge is 2.15. The van der Waals surface area contributed by atoms with Gasteiger partial charge >= 0.3 is 0 Å². The van der Waals surface area contributed by atoms with E-state index in [0.717, 1.165) is 25.0 Å². The molecule has 0 aliphatic rings. The van der Waals surface area contributed by atoms with Crippen LogP contribution in [0.5, 0.6) is 11.5 Å². The maximum atomic E-state index is 12.2. The zero-order chi connectivity index (χ0) is 16.5. The number of benzene rings is 1. The lowest BCUT2D eigenvalue weighted by Gasteiger charge is -2.12. The monoisotopic (exact) mass is 370 g/mol. The van der Waals surface area contributed by atoms with E-state index in [2.05, 4.69) is 33.4 Å². The van der Waals surface area contributed by atoms with Gasteiger partial charge in [-0.1, -0.05) is 13.3 Å². The summed E-state index contributed by atoms with van der Waals surface area (Å²) in [4.78, 5) is 12.2. The predicted octanol–water partition coefficient (Wildman–Crippen LogP) is 4.15. The molecule has 1 N–H and O–H groups in total. The molecule has 0 spiro atoms. The van der Waals surface area contributed by atoms with Crippen molar-refractivity contribution in [3.63, 3.8) is 0 Å². The second-order valence-corrected chi connectivity index (χ2v) is 5.67. The Bertz CT molecular complexity index is 544. The summed E-state index contributed by atoms with van der Waals surface area (Å²) >= 11 is 3.40. The van der Waals surface area contributed by atoms with E-state index < -0.39 is 0 Å². The highest BCUT2D eigenvalue weighted by atomic mass is 79.9. The number of carbonyl (C=O) groups is 1. The lowest BCUT2D eigenvalue weighted by Crippen LogP contribution is -2.19. The molecule has 0 aromatic heterocycles. The van der Waals surface area contributed by atoms with Gasteiger partial charge in [0, 0.05) is 11.3 Å². The molecule has 5 nitrogen and oxygen atoms in total. The van der Waals surface area contributed by atoms with E-state index in [9.17, 15) is 4.79 Å². The van der Waals surface area contributed by atoms with Crippen LogP contribution in [0.1, 0.15) is 50.4 Å². The molecule has 0 heterocycles. The maximum absolute atomic E-state index is 12.2. The number of hydrogen-bond donors (Lipinski definition) is 1. The zero-order valence-corrected chi connectivity index (χ0v) is 15.1. The van der Waals surface area contributed by atoms with E-state index in [1.807, 2.05) is 13.8 Å². The van der Waals surface area contributed by atoms with Gasteiger partial charge in [-0.15, -0.1) is 0 Å². The molecule has 1 amide bonds. The second kappa shape index (κ2) is 9.46. The van der Waals surface area contributed by atoms with Gasteiger partial charge in [-0.05, 0) is 54.8 Å². The molecule has 0 fully saturated rings. The normalized spacial score (nSPS) is 11.2. The standard InChI is InChI=1S/C16H23BrN2O3/c1-5-7-8-11(3)18-19-16(20)12-9-13(17)15(22-6-2)14(10-12)21-4/h9-10H,5-8H2,1-4H3,(H,19,20)/b18-11-. The minimum atomic E-state index is -0.280. The number of ether oxygens (including phenoxy) is 2. The highest BCUT2D eigenvalue weighted by molar-refractivity contribution is 9.10. The number of nitrogens with one attached hydrogen (secondary N) is 1. The van der Waals surface area contributed by atoms with Crippen LogP contribution in [0.4, 0.5) is 0 Å². The van der Waals surface area contributed by atoms with Gasteiger partial charge in [-0.3, -0.25) is 4.79 Å². The van der Waals surface area contributed by atoms with Crippen molar-refractivity contribution in [1.29, 1.82) is 0 Å². The maximum Gasteiger partial charge on any atom is 0.271 e. The van der Waals surface area contributed by atoms with E-state index in [0.29, 0.717) is 28.1 Å². The van der Waals surface area contributed by atoms with Crippen molar-refractivity contribution in [2.75, 3.05) is 13.7 Å². The zero-order valence-electron chi connectivity index (χ0n) is 13.5. The van der Waals surface area contributed by atoms with Crippen molar-refractivity contribution in [3.05, 3.63) is 22.2 Å². The molecule has 0 aliphatic heterocycles. The molecule has 22 heavy (non-hydrogen) atoms. The van der Waals surface area contributed by atoms with Crippen molar-refractivity contribution >= 4 is 27.5 Å². The van der Waals surface area contributed by atoms with Gasteiger partial charge in [-0.2, -0.15) is 5.10 Å². The molecular weight excluding hydrogens is 348 g/mol. The van der Waals surface area contributed by atoms with Crippen LogP contribution >= 0.6 is 15.9 Å². The first-order chi connectivity index (χ1) is 10.5. The van der Waals surface area contributed by atoms with E-state index in [4.69, 9.17) is 9.47 Å². The Morgan fingerprint density at radius 2 is 2.09 bits per heavy atom. The number of carbonyl (C=O) groups excluding carboxylic acids is 1. The van der Waals surface area contributed by atoms with Gasteiger partial charge in [0.15, 0.2) is 11.5 Å². The number of amides is 1. The van der Waals surface area contributed by atoms with Gasteiger partial charge in [0.25, 0.3) is 5.91 Å². The Morgan fingerprint density at radius 1 is 1.36 bits per heavy atom. The molecule has 0 aliphatic carbocycles. The van der Waals surface area contributed by atoms with Crippen LogP contribution in [0.15, 0.2) is 21.7 Å². The molecule has 0 atom stereocenters. The van der Waals surface area contributed by atoms with Crippen molar-refractivity contribution in [2.24, 2.45) is 5.10 Å². The predicted molar refractivity (Wildman–Crippen MR) is 92.0 cm³/mol. The second-order valence-electron chi connectivity index (χ2n) is 4.81. The van der Waals surface area contributed by atoms with Crippen LogP contribution < -0.4 is 14.9 Å². The van der Waals surface area contributed by atoms with Crippen LogP contribution in [0.2, 0.25) is 0 Å². The Balaban J connectivity index is 2.88. The first kappa shape index (κ1) is 18.5. The third-order valence-electron chi connectivity index (χ3n) is 3.02. The topological polar surface area (TPSA) is 59.9 Å². The van der Waals surface area contributed by atoms with E-state index in [-0.39, 0.29) is 5.91 Å². The van der Waals surface area contributed by atoms with Gasteiger partial charge in [-0.25, -0.2) is 5.43 Å². The lowest BCUT2D eigenvalue weighted by molar-refractivity contribution is 0.0954. The average molecular weight is 371 g/mol. The van der Waals surface area contributed by atoms with Gasteiger partial charge in [0.2, 0.25) is 0 Å². The number of unbranched alkanes of at least 4 members (excludes halogenated alkanes) is 1. The van der Waals surface area contributed by atoms with Crippen molar-refractivity contribution in [3.8, 4) is 11.5 Å². The fourth-order valence-electron chi connectivity index (χ4n) is 1.83. The molecule has 0 bridgehead atoms. The van der Waals surface area contributed by atoms with Gasteiger partial charge in [0.05, 0.1) is 18.2 Å². The number of nitrogens with zero attached hydrogens (tertiary/aromatic N) is 1. The Hall–Kier alpha value is -1.56. The smallest absolute Gasteiger partial charge is 0.271 e. The van der Waals surface area contributed by atoms with Gasteiger partial charge < -0.3 is 9.47 Å². The summed E-state index contributed by atoms with van der Waals surface area (Å²) in [5.74, 6) is 0.815. The number of halogens is 1. The summed E-state index contributed by atoms with van der Waals surface area (Å²) in [6, 6.07) is 3.34. The van der Waals surface area contributed by atoms with E-state index in [1.54, 1.807) is 19.2 Å². The lowest BCUT2D eigenvalue weighted by atomic mass is 10.2. The molecule has 1 aromatic rings. The van der Waals surface area contributed by atoms with Crippen molar-refractivity contribution in [1.82, 2.24) is 5.43 Å². The molecular formula is C16H23BrN2O3. The molecule has 0 unspecified atom stereocenters. The highest BCUT2D eigenvalue weighted by Crippen LogP contribution is 2.36. The molecule has 0 saturated carbocycles. The summed E-state index contributed by atoms with van der Waals surface area (Å²) in [6.45, 7) is 6.43. The number of hydrogen-bond acceptors (Lipinski definition) is 4. The largest absolute Gasteiger partial charge is 0.493 e. The van der Waals surface area contributed by atoms with Crippen LogP contribution in [0.3, 0.4) is 0 Å². The summed E-state index contributed by atoms with van der Waals surface area (Å²) in [5.41, 5.74) is 3.94. The molecule has 1 rings (SSSR count). The molecule has 1 aromatic carbocycles. The van der Waals surface area contributed by atoms with Crippen LogP contribution in [-0.4, -0.2) is 25.3 Å². The van der Waals surface area contributed by atoms with E-state index in [1.165, 1.54) is 0 Å². The fraction of sp³-hybridized carbons (Fsp3) is 0.500. The Kier molecular flexibility index (Phi) is 7.95. The number of hydrazone groups is 1. The molecule has 0 saturated heterocycles. The Labute approximate surface area is 140 Å². The van der Waals surface area contributed by atoms with Crippen LogP contribution in [-0.2, 0) is 0 Å². The number of methoxy groups -OCH3 is 1. The summed E-state index contributed by atoms with van der Waals surface area (Å²) < 4.78 is 11.5. The summed E-state index contributed by atoms with van der Waals surface area (Å²) in [7, 11) is 1.54. The van der Waals surface area contributed by atoms with E-state index >= 15 is 0 Å². The minimum absolute atomic E-state index is 0.280. The first-order valence-electron chi connectivity index (χ1n) is 7.37. The molecule has 6 heteroatoms. The summed E-state index contributed by atoms with van der Waals surface area (Å²) in [6.07, 6.45) is 3.05. The SMILES string of the molecule is CCCC/C(C)=N\NC(=O)c1cc(Br)c(OCC)c(OC)c1. The van der Waals surface area contributed by atoms with Crippen LogP contribution in [0, 0.1) is 0 Å². The van der Waals surface area contributed by atoms with Crippen molar-refractivity contribution < 1.29 is 14.3 Å². The fourth-order valence-corrected chi connectivity index (χ4v) is 2.39. The average Bonchev–Trinajstić information content (AvgIpc) is 2.52. The third kappa shape index (κ3) is 5.33. The minimum Gasteiger partial charge on any atom is -0.493 e. The number of rotatable bonds is 8. The van der Waals surface area contributed by atoms with Crippen LogP contribution in [0.25, 0.3) is 0 Å². The Morgan fingerprint density at radius 3 is 2.68 bits per heavy atom. The van der Waals surface area contributed by atoms with Crippen molar-refractivity contribution in [2.45, 2.75) is 40.0 Å². The summed E-state index contributed by atoms with van der Waals surface area (Å²) in [5, 5.41) is 4.11. The first-order valence-corrected chi connectivity index (χ1v) is 8.16.